The number of rotatable bonds is 4. The van der Waals surface area contributed by atoms with E-state index >= 15 is 0 Å². The number of nitrogens with zero attached hydrogens (tertiary/aromatic N) is 4. The van der Waals surface area contributed by atoms with Crippen molar-refractivity contribution in [3.8, 4) is 0 Å². The lowest BCUT2D eigenvalue weighted by atomic mass is 9.79. The fraction of sp³-hybridized carbons (Fsp3) is 0.381. The molecule has 1 atom stereocenters. The molecule has 4 rings (SSSR count). The van der Waals surface area contributed by atoms with Gasteiger partial charge in [0, 0.05) is 9.93 Å². The zero-order valence-electron chi connectivity index (χ0n) is 15.6. The Hall–Kier alpha value is -2.69. The molecule has 28 heavy (non-hydrogen) atoms. The Morgan fingerprint density at radius 2 is 2.00 bits per heavy atom. The Morgan fingerprint density at radius 1 is 1.18 bits per heavy atom. The molecule has 2 N–H and O–H groups in total. The standard InChI is InChI=1S/C21H23ClN6/c22-16-8-6-7-15(13-16)19(14-24-28-23)26-20-21(11-4-1-5-12-21)27-18-10-3-2-9-17(18)25-20/h2-3,6-10,13,19,27H,1,4-5,11-12,14H2,(H,25,26). The Bertz CT molecular complexity index is 928. The summed E-state index contributed by atoms with van der Waals surface area (Å²) in [4.78, 5) is 7.95. The van der Waals surface area contributed by atoms with Gasteiger partial charge in [0.05, 0.1) is 29.5 Å². The lowest BCUT2D eigenvalue weighted by Gasteiger charge is -2.43. The third-order valence-corrected chi connectivity index (χ3v) is 5.80. The summed E-state index contributed by atoms with van der Waals surface area (Å²) in [6.07, 6.45) is 5.62. The number of fused-ring (bicyclic) bond motifs is 1. The molecular weight excluding hydrogens is 372 g/mol. The lowest BCUT2D eigenvalue weighted by molar-refractivity contribution is 0.392. The van der Waals surface area contributed by atoms with Crippen molar-refractivity contribution in [2.24, 2.45) is 10.1 Å². The normalized spacial score (nSPS) is 18.2. The van der Waals surface area contributed by atoms with Gasteiger partial charge in [0.1, 0.15) is 5.84 Å². The average Bonchev–Trinajstić information content (AvgIpc) is 2.72. The number of amidine groups is 1. The van der Waals surface area contributed by atoms with Gasteiger partial charge in [-0.3, -0.25) is 0 Å². The number of azide groups is 1. The van der Waals surface area contributed by atoms with Gasteiger partial charge in [0.15, 0.2) is 0 Å². The molecule has 0 radical (unpaired) electrons. The molecule has 1 unspecified atom stereocenters. The van der Waals surface area contributed by atoms with Gasteiger partial charge in [-0.05, 0) is 48.2 Å². The van der Waals surface area contributed by atoms with Crippen molar-refractivity contribution >= 4 is 28.8 Å². The third-order valence-electron chi connectivity index (χ3n) is 5.56. The van der Waals surface area contributed by atoms with Crippen molar-refractivity contribution in [1.82, 2.24) is 5.32 Å². The largest absolute Gasteiger partial charge is 0.371 e. The highest BCUT2D eigenvalue weighted by molar-refractivity contribution is 6.30. The highest BCUT2D eigenvalue weighted by atomic mass is 35.5. The van der Waals surface area contributed by atoms with Gasteiger partial charge in [-0.2, -0.15) is 0 Å². The number of anilines is 1. The number of nitrogens with one attached hydrogen (secondary N) is 2. The first-order valence-electron chi connectivity index (χ1n) is 9.69. The van der Waals surface area contributed by atoms with Crippen molar-refractivity contribution < 1.29 is 0 Å². The average molecular weight is 395 g/mol. The van der Waals surface area contributed by atoms with Gasteiger partial charge in [0.25, 0.3) is 0 Å². The quantitative estimate of drug-likeness (QED) is 0.370. The molecule has 1 aliphatic carbocycles. The van der Waals surface area contributed by atoms with Crippen LogP contribution in [-0.2, 0) is 0 Å². The minimum atomic E-state index is -0.209. The third kappa shape index (κ3) is 3.79. The molecule has 1 aliphatic heterocycles. The predicted octanol–water partition coefficient (Wildman–Crippen LogP) is 6.14. The van der Waals surface area contributed by atoms with Crippen LogP contribution in [0.4, 0.5) is 11.4 Å². The number of benzene rings is 2. The van der Waals surface area contributed by atoms with E-state index in [-0.39, 0.29) is 18.1 Å². The van der Waals surface area contributed by atoms with Crippen molar-refractivity contribution in [2.45, 2.75) is 43.7 Å². The maximum absolute atomic E-state index is 8.86. The van der Waals surface area contributed by atoms with Crippen molar-refractivity contribution in [2.75, 3.05) is 11.9 Å². The number of para-hydroxylation sites is 2. The molecule has 1 fully saturated rings. The van der Waals surface area contributed by atoms with Crippen LogP contribution in [0.3, 0.4) is 0 Å². The molecule has 144 valence electrons. The summed E-state index contributed by atoms with van der Waals surface area (Å²) in [5, 5.41) is 11.8. The first-order chi connectivity index (χ1) is 13.7. The topological polar surface area (TPSA) is 85.2 Å². The SMILES string of the molecule is [N-]=[N+]=NCC(NC1=Nc2ccccc2NC12CCCCC2)c1cccc(Cl)c1. The van der Waals surface area contributed by atoms with E-state index in [1.807, 2.05) is 42.5 Å². The van der Waals surface area contributed by atoms with Crippen LogP contribution in [0.15, 0.2) is 58.6 Å². The van der Waals surface area contributed by atoms with Gasteiger partial charge in [-0.1, -0.05) is 60.2 Å². The zero-order valence-corrected chi connectivity index (χ0v) is 16.4. The highest BCUT2D eigenvalue weighted by Gasteiger charge is 2.41. The van der Waals surface area contributed by atoms with E-state index in [2.05, 4.69) is 26.7 Å². The molecule has 0 aromatic heterocycles. The molecular formula is C21H23ClN6. The molecule has 1 heterocycles. The van der Waals surface area contributed by atoms with E-state index < -0.39 is 0 Å². The maximum atomic E-state index is 8.86. The van der Waals surface area contributed by atoms with E-state index in [9.17, 15) is 0 Å². The van der Waals surface area contributed by atoms with Crippen LogP contribution in [0.5, 0.6) is 0 Å². The number of aliphatic imine (C=N–C) groups is 1. The Kier molecular flexibility index (Phi) is 5.42. The van der Waals surface area contributed by atoms with Crippen molar-refractivity contribution in [3.05, 3.63) is 69.6 Å². The van der Waals surface area contributed by atoms with E-state index in [0.29, 0.717) is 5.02 Å². The second-order valence-electron chi connectivity index (χ2n) is 7.41. The van der Waals surface area contributed by atoms with Gasteiger partial charge in [-0.25, -0.2) is 4.99 Å². The van der Waals surface area contributed by atoms with Gasteiger partial charge < -0.3 is 10.6 Å². The van der Waals surface area contributed by atoms with Crippen LogP contribution in [0, 0.1) is 0 Å². The fourth-order valence-corrected chi connectivity index (χ4v) is 4.35. The molecule has 7 heteroatoms. The van der Waals surface area contributed by atoms with Crippen molar-refractivity contribution in [3.63, 3.8) is 0 Å². The summed E-state index contributed by atoms with van der Waals surface area (Å²) in [5.41, 5.74) is 11.6. The van der Waals surface area contributed by atoms with Gasteiger partial charge in [-0.15, -0.1) is 0 Å². The second kappa shape index (κ2) is 8.13. The van der Waals surface area contributed by atoms with Crippen LogP contribution >= 0.6 is 11.6 Å². The van der Waals surface area contributed by atoms with Crippen LogP contribution < -0.4 is 10.6 Å². The number of hydrogen-bond donors (Lipinski definition) is 2. The summed E-state index contributed by atoms with van der Waals surface area (Å²) < 4.78 is 0. The molecule has 0 bridgehead atoms. The summed E-state index contributed by atoms with van der Waals surface area (Å²) in [6, 6.07) is 15.6. The molecule has 0 saturated heterocycles. The lowest BCUT2D eigenvalue weighted by Crippen LogP contribution is -2.55. The molecule has 2 aromatic carbocycles. The minimum Gasteiger partial charge on any atom is -0.371 e. The molecule has 2 aromatic rings. The Balaban J connectivity index is 1.72. The smallest absolute Gasteiger partial charge is 0.129 e. The molecule has 0 amide bonds. The Morgan fingerprint density at radius 3 is 2.79 bits per heavy atom. The van der Waals surface area contributed by atoms with Gasteiger partial charge >= 0.3 is 0 Å². The first kappa shape index (κ1) is 18.7. The summed E-state index contributed by atoms with van der Waals surface area (Å²) in [6.45, 7) is 0.285. The van der Waals surface area contributed by atoms with Crippen LogP contribution in [-0.4, -0.2) is 17.9 Å². The summed E-state index contributed by atoms with van der Waals surface area (Å²) in [5.74, 6) is 0.920. The second-order valence-corrected chi connectivity index (χ2v) is 7.85. The zero-order chi connectivity index (χ0) is 19.4. The fourth-order valence-electron chi connectivity index (χ4n) is 4.15. The van der Waals surface area contributed by atoms with Crippen LogP contribution in [0.1, 0.15) is 43.7 Å². The molecule has 6 nitrogen and oxygen atoms in total. The van der Waals surface area contributed by atoms with Crippen LogP contribution in [0.2, 0.25) is 5.02 Å². The molecule has 1 saturated carbocycles. The predicted molar refractivity (Wildman–Crippen MR) is 114 cm³/mol. The van der Waals surface area contributed by atoms with E-state index in [1.165, 1.54) is 6.42 Å². The summed E-state index contributed by atoms with van der Waals surface area (Å²) >= 11 is 6.20. The minimum absolute atomic E-state index is 0.195. The number of hydrogen-bond acceptors (Lipinski definition) is 4. The summed E-state index contributed by atoms with van der Waals surface area (Å²) in [7, 11) is 0. The van der Waals surface area contributed by atoms with E-state index in [1.54, 1.807) is 0 Å². The van der Waals surface area contributed by atoms with E-state index in [4.69, 9.17) is 22.1 Å². The maximum Gasteiger partial charge on any atom is 0.129 e. The van der Waals surface area contributed by atoms with Crippen molar-refractivity contribution in [1.29, 1.82) is 0 Å². The molecule has 1 spiro atoms. The van der Waals surface area contributed by atoms with E-state index in [0.717, 1.165) is 48.5 Å². The monoisotopic (exact) mass is 394 g/mol. The molecule has 2 aliphatic rings. The Labute approximate surface area is 169 Å². The highest BCUT2D eigenvalue weighted by Crippen LogP contribution is 2.40. The first-order valence-corrected chi connectivity index (χ1v) is 10.1. The van der Waals surface area contributed by atoms with Gasteiger partial charge in [0.2, 0.25) is 0 Å². The van der Waals surface area contributed by atoms with Crippen LogP contribution in [0.25, 0.3) is 10.4 Å². The number of halogens is 1.